The number of rotatable bonds is 9. The molecule has 0 bridgehead atoms. The van der Waals surface area contributed by atoms with Crippen LogP contribution in [0, 0.1) is 5.92 Å². The number of methoxy groups -OCH3 is 2. The lowest BCUT2D eigenvalue weighted by molar-refractivity contribution is -0.239. The quantitative estimate of drug-likeness (QED) is 0.276. The SMILES string of the molecule is COC(CCC1CCC2OC2C1)(COCC[SiH3])OC. The van der Waals surface area contributed by atoms with Crippen LogP contribution in [-0.2, 0) is 18.9 Å². The molecule has 0 N–H and O–H groups in total. The third-order valence-corrected chi connectivity index (χ3v) is 4.87. The molecule has 0 radical (unpaired) electrons. The highest BCUT2D eigenvalue weighted by Gasteiger charge is 2.44. The van der Waals surface area contributed by atoms with E-state index in [0.29, 0.717) is 18.8 Å². The van der Waals surface area contributed by atoms with Gasteiger partial charge in [-0.25, -0.2) is 0 Å². The van der Waals surface area contributed by atoms with E-state index in [1.165, 1.54) is 29.5 Å². The molecular weight excluding hydrogens is 260 g/mol. The Morgan fingerprint density at radius 2 is 2.00 bits per heavy atom. The third-order valence-electron chi connectivity index (χ3n) is 4.46. The van der Waals surface area contributed by atoms with Crippen LogP contribution in [0.15, 0.2) is 0 Å². The van der Waals surface area contributed by atoms with Gasteiger partial charge in [-0.05, 0) is 37.6 Å². The van der Waals surface area contributed by atoms with Gasteiger partial charge in [0.1, 0.15) is 6.61 Å². The lowest BCUT2D eigenvalue weighted by Gasteiger charge is -2.32. The van der Waals surface area contributed by atoms with Gasteiger partial charge in [0.05, 0.1) is 12.2 Å². The summed E-state index contributed by atoms with van der Waals surface area (Å²) >= 11 is 0. The summed E-state index contributed by atoms with van der Waals surface area (Å²) in [5, 5.41) is 0. The van der Waals surface area contributed by atoms with Crippen molar-refractivity contribution in [2.45, 2.75) is 56.1 Å². The zero-order valence-corrected chi connectivity index (χ0v) is 14.5. The van der Waals surface area contributed by atoms with Crippen LogP contribution in [0.2, 0.25) is 6.04 Å². The van der Waals surface area contributed by atoms with Crippen LogP contribution in [0.25, 0.3) is 0 Å². The fourth-order valence-electron chi connectivity index (χ4n) is 3.02. The number of hydrogen-bond donors (Lipinski definition) is 0. The molecule has 112 valence electrons. The van der Waals surface area contributed by atoms with Crippen molar-refractivity contribution in [1.29, 1.82) is 0 Å². The van der Waals surface area contributed by atoms with Crippen molar-refractivity contribution in [1.82, 2.24) is 0 Å². The lowest BCUT2D eigenvalue weighted by atomic mass is 9.85. The van der Waals surface area contributed by atoms with E-state index in [4.69, 9.17) is 18.9 Å². The zero-order chi connectivity index (χ0) is 13.7. The van der Waals surface area contributed by atoms with E-state index in [1.54, 1.807) is 14.2 Å². The van der Waals surface area contributed by atoms with Crippen LogP contribution >= 0.6 is 0 Å². The van der Waals surface area contributed by atoms with Gasteiger partial charge in [-0.2, -0.15) is 0 Å². The van der Waals surface area contributed by atoms with Crippen LogP contribution in [0.1, 0.15) is 32.1 Å². The maximum Gasteiger partial charge on any atom is 0.191 e. The maximum absolute atomic E-state index is 5.66. The molecule has 0 aromatic carbocycles. The van der Waals surface area contributed by atoms with Gasteiger partial charge in [-0.3, -0.25) is 0 Å². The Kier molecular flexibility index (Phi) is 5.83. The molecular formula is C14H28O4Si. The summed E-state index contributed by atoms with van der Waals surface area (Å²) in [5.74, 6) is 0.199. The van der Waals surface area contributed by atoms with E-state index in [-0.39, 0.29) is 0 Å². The average molecular weight is 288 g/mol. The predicted octanol–water partition coefficient (Wildman–Crippen LogP) is 1.12. The van der Waals surface area contributed by atoms with Gasteiger partial charge in [-0.1, -0.05) is 0 Å². The maximum atomic E-state index is 5.66. The molecule has 3 unspecified atom stereocenters. The van der Waals surface area contributed by atoms with Crippen LogP contribution in [0.3, 0.4) is 0 Å². The fraction of sp³-hybridized carbons (Fsp3) is 1.00. The highest BCUT2D eigenvalue weighted by molar-refractivity contribution is 6.08. The first-order chi connectivity index (χ1) is 9.23. The molecule has 2 aliphatic rings. The molecule has 19 heavy (non-hydrogen) atoms. The van der Waals surface area contributed by atoms with E-state index in [0.717, 1.165) is 31.4 Å². The van der Waals surface area contributed by atoms with Gasteiger partial charge in [0.25, 0.3) is 0 Å². The van der Waals surface area contributed by atoms with Crippen molar-refractivity contribution in [2.75, 3.05) is 27.4 Å². The molecule has 0 amide bonds. The van der Waals surface area contributed by atoms with Crippen LogP contribution in [0.5, 0.6) is 0 Å². The Morgan fingerprint density at radius 1 is 1.21 bits per heavy atom. The molecule has 1 saturated heterocycles. The Bertz CT molecular complexity index is 270. The van der Waals surface area contributed by atoms with E-state index in [1.807, 2.05) is 0 Å². The Morgan fingerprint density at radius 3 is 2.63 bits per heavy atom. The minimum atomic E-state index is -0.558. The first-order valence-corrected chi connectivity index (χ1v) is 8.98. The molecule has 3 atom stereocenters. The number of hydrogen-bond acceptors (Lipinski definition) is 4. The number of fused-ring (bicyclic) bond motifs is 1. The van der Waals surface area contributed by atoms with Gasteiger partial charge in [0, 0.05) is 37.5 Å². The molecule has 4 nitrogen and oxygen atoms in total. The van der Waals surface area contributed by atoms with Crippen molar-refractivity contribution in [3.8, 4) is 0 Å². The summed E-state index contributed by atoms with van der Waals surface area (Å²) in [5.41, 5.74) is 0. The zero-order valence-electron chi connectivity index (χ0n) is 12.5. The molecule has 5 heteroatoms. The molecule has 1 aliphatic carbocycles. The van der Waals surface area contributed by atoms with Crippen molar-refractivity contribution in [3.63, 3.8) is 0 Å². The molecule has 1 saturated carbocycles. The second-order valence-corrected chi connectivity index (χ2v) is 6.80. The normalized spacial score (nSPS) is 30.3. The molecule has 1 heterocycles. The molecule has 2 fully saturated rings. The third kappa shape index (κ3) is 4.26. The molecule has 0 aromatic heterocycles. The van der Waals surface area contributed by atoms with Crippen LogP contribution in [-0.4, -0.2) is 55.7 Å². The molecule has 1 aliphatic heterocycles. The molecule has 0 spiro atoms. The lowest BCUT2D eigenvalue weighted by Crippen LogP contribution is -2.40. The Hall–Kier alpha value is 0.0569. The van der Waals surface area contributed by atoms with Crippen LogP contribution < -0.4 is 0 Å². The van der Waals surface area contributed by atoms with Crippen molar-refractivity contribution < 1.29 is 18.9 Å². The summed E-state index contributed by atoms with van der Waals surface area (Å²) < 4.78 is 22.4. The van der Waals surface area contributed by atoms with Gasteiger partial charge < -0.3 is 18.9 Å². The van der Waals surface area contributed by atoms with Gasteiger partial charge in [0.15, 0.2) is 5.79 Å². The van der Waals surface area contributed by atoms with E-state index in [9.17, 15) is 0 Å². The summed E-state index contributed by atoms with van der Waals surface area (Å²) in [4.78, 5) is 0. The van der Waals surface area contributed by atoms with Crippen molar-refractivity contribution in [2.24, 2.45) is 5.92 Å². The second-order valence-electron chi connectivity index (χ2n) is 5.80. The fourth-order valence-corrected chi connectivity index (χ4v) is 3.31. The van der Waals surface area contributed by atoms with Crippen molar-refractivity contribution in [3.05, 3.63) is 0 Å². The smallest absolute Gasteiger partial charge is 0.191 e. The minimum absolute atomic E-state index is 0.539. The van der Waals surface area contributed by atoms with Crippen molar-refractivity contribution >= 4 is 10.2 Å². The van der Waals surface area contributed by atoms with Gasteiger partial charge >= 0.3 is 0 Å². The standard InChI is InChI=1S/C14H28O4Si/c1-15-14(16-2,10-17-7-8-19)6-5-11-3-4-12-13(9-11)18-12/h11-13H,3-10H2,1-2,19H3. The average Bonchev–Trinajstić information content (AvgIpc) is 3.21. The first kappa shape index (κ1) is 15.4. The topological polar surface area (TPSA) is 40.2 Å². The Balaban J connectivity index is 1.74. The predicted molar refractivity (Wildman–Crippen MR) is 77.6 cm³/mol. The highest BCUT2D eigenvalue weighted by Crippen LogP contribution is 2.41. The highest BCUT2D eigenvalue weighted by atomic mass is 28.1. The van der Waals surface area contributed by atoms with Gasteiger partial charge in [0.2, 0.25) is 0 Å². The van der Waals surface area contributed by atoms with E-state index < -0.39 is 5.79 Å². The van der Waals surface area contributed by atoms with E-state index >= 15 is 0 Å². The summed E-state index contributed by atoms with van der Waals surface area (Å²) in [7, 11) is 4.62. The number of ether oxygens (including phenoxy) is 4. The summed E-state index contributed by atoms with van der Waals surface area (Å²) in [6.07, 6.45) is 6.92. The van der Waals surface area contributed by atoms with Crippen LogP contribution in [0.4, 0.5) is 0 Å². The molecule has 0 aromatic rings. The second kappa shape index (κ2) is 7.18. The minimum Gasteiger partial charge on any atom is -0.376 e. The van der Waals surface area contributed by atoms with Gasteiger partial charge in [-0.15, -0.1) is 0 Å². The number of epoxide rings is 1. The summed E-state index contributed by atoms with van der Waals surface area (Å²) in [6.45, 7) is 1.36. The van der Waals surface area contributed by atoms with E-state index in [2.05, 4.69) is 0 Å². The largest absolute Gasteiger partial charge is 0.376 e. The summed E-state index contributed by atoms with van der Waals surface area (Å²) in [6, 6.07) is 1.16. The molecule has 2 rings (SSSR count). The first-order valence-electron chi connectivity index (χ1n) is 7.56. The monoisotopic (exact) mass is 288 g/mol. The Labute approximate surface area is 119 Å².